The van der Waals surface area contributed by atoms with E-state index in [0.717, 1.165) is 25.9 Å². The van der Waals surface area contributed by atoms with E-state index in [0.29, 0.717) is 12.1 Å². The molecule has 0 aliphatic carbocycles. The van der Waals surface area contributed by atoms with Crippen molar-refractivity contribution in [2.75, 3.05) is 19.6 Å². The SMILES string of the molecule is O=C(CN1CCCC1)NN=Cc1ccc(O)c([N+](=O)[O-])c1. The summed E-state index contributed by atoms with van der Waals surface area (Å²) >= 11 is 0. The van der Waals surface area contributed by atoms with Gasteiger partial charge in [0.1, 0.15) is 0 Å². The molecule has 0 aromatic heterocycles. The van der Waals surface area contributed by atoms with Gasteiger partial charge in [-0.05, 0) is 38.1 Å². The number of nitro benzene ring substituents is 1. The van der Waals surface area contributed by atoms with Crippen LogP contribution in [0.15, 0.2) is 23.3 Å². The summed E-state index contributed by atoms with van der Waals surface area (Å²) in [5.41, 5.74) is 2.39. The highest BCUT2D eigenvalue weighted by Gasteiger charge is 2.15. The van der Waals surface area contributed by atoms with Crippen LogP contribution >= 0.6 is 0 Å². The van der Waals surface area contributed by atoms with E-state index >= 15 is 0 Å². The number of hydrazone groups is 1. The number of carbonyl (C=O) groups excluding carboxylic acids is 1. The predicted octanol–water partition coefficient (Wildman–Crippen LogP) is 0.846. The highest BCUT2D eigenvalue weighted by atomic mass is 16.6. The van der Waals surface area contributed by atoms with Gasteiger partial charge in [-0.2, -0.15) is 5.10 Å². The lowest BCUT2D eigenvalue weighted by Gasteiger charge is -2.12. The van der Waals surface area contributed by atoms with Gasteiger partial charge in [0.25, 0.3) is 5.91 Å². The number of aromatic hydroxyl groups is 1. The monoisotopic (exact) mass is 292 g/mol. The summed E-state index contributed by atoms with van der Waals surface area (Å²) in [4.78, 5) is 23.6. The maximum Gasteiger partial charge on any atom is 0.311 e. The number of nitrogens with zero attached hydrogens (tertiary/aromatic N) is 3. The minimum absolute atomic E-state index is 0.221. The first kappa shape index (κ1) is 14.9. The first-order valence-electron chi connectivity index (χ1n) is 6.58. The molecule has 0 radical (unpaired) electrons. The summed E-state index contributed by atoms with van der Waals surface area (Å²) in [6.45, 7) is 2.13. The Bertz CT molecular complexity index is 567. The molecule has 1 aromatic rings. The third kappa shape index (κ3) is 4.25. The van der Waals surface area contributed by atoms with Crippen LogP contribution in [-0.4, -0.2) is 46.7 Å². The second-order valence-electron chi connectivity index (χ2n) is 4.78. The zero-order chi connectivity index (χ0) is 15.2. The molecular formula is C13H16N4O4. The van der Waals surface area contributed by atoms with E-state index in [1.807, 2.05) is 4.90 Å². The predicted molar refractivity (Wildman–Crippen MR) is 76.2 cm³/mol. The fourth-order valence-electron chi connectivity index (χ4n) is 2.12. The van der Waals surface area contributed by atoms with Gasteiger partial charge in [0.2, 0.25) is 0 Å². The highest BCUT2D eigenvalue weighted by Crippen LogP contribution is 2.25. The zero-order valence-electron chi connectivity index (χ0n) is 11.4. The first-order valence-corrected chi connectivity index (χ1v) is 6.58. The van der Waals surface area contributed by atoms with Crippen LogP contribution in [0.4, 0.5) is 5.69 Å². The van der Waals surface area contributed by atoms with Gasteiger partial charge < -0.3 is 5.11 Å². The maximum atomic E-state index is 11.6. The van der Waals surface area contributed by atoms with Crippen molar-refractivity contribution in [3.63, 3.8) is 0 Å². The molecule has 1 fully saturated rings. The fourth-order valence-corrected chi connectivity index (χ4v) is 2.12. The molecule has 0 atom stereocenters. The highest BCUT2D eigenvalue weighted by molar-refractivity contribution is 5.84. The Balaban J connectivity index is 1.90. The van der Waals surface area contributed by atoms with Crippen LogP contribution in [0.3, 0.4) is 0 Å². The minimum atomic E-state index is -0.682. The topological polar surface area (TPSA) is 108 Å². The molecule has 1 aliphatic rings. The lowest BCUT2D eigenvalue weighted by Crippen LogP contribution is -2.33. The molecule has 1 saturated heterocycles. The summed E-state index contributed by atoms with van der Waals surface area (Å²) in [5.74, 6) is -0.628. The molecule has 1 aromatic carbocycles. The summed E-state index contributed by atoms with van der Waals surface area (Å²) in [5, 5.41) is 23.8. The fraction of sp³-hybridized carbons (Fsp3) is 0.385. The van der Waals surface area contributed by atoms with Crippen molar-refractivity contribution in [2.24, 2.45) is 5.10 Å². The number of amides is 1. The molecule has 2 rings (SSSR count). The number of hydrogen-bond acceptors (Lipinski definition) is 6. The Morgan fingerprint density at radius 2 is 2.19 bits per heavy atom. The Morgan fingerprint density at radius 3 is 2.86 bits per heavy atom. The minimum Gasteiger partial charge on any atom is -0.502 e. The molecule has 0 unspecified atom stereocenters. The smallest absolute Gasteiger partial charge is 0.311 e. The molecule has 8 nitrogen and oxygen atoms in total. The molecule has 0 bridgehead atoms. The van der Waals surface area contributed by atoms with Gasteiger partial charge >= 0.3 is 5.69 Å². The maximum absolute atomic E-state index is 11.6. The number of likely N-dealkylation sites (tertiary alicyclic amines) is 1. The van der Waals surface area contributed by atoms with E-state index in [-0.39, 0.29) is 5.91 Å². The quantitative estimate of drug-likeness (QED) is 0.475. The number of carbonyl (C=O) groups is 1. The molecule has 1 heterocycles. The van der Waals surface area contributed by atoms with Crippen LogP contribution in [0.2, 0.25) is 0 Å². The van der Waals surface area contributed by atoms with Crippen molar-refractivity contribution in [3.05, 3.63) is 33.9 Å². The van der Waals surface area contributed by atoms with Crippen molar-refractivity contribution in [1.82, 2.24) is 10.3 Å². The number of phenolic OH excluding ortho intramolecular Hbond substituents is 1. The van der Waals surface area contributed by atoms with E-state index < -0.39 is 16.4 Å². The third-order valence-corrected chi connectivity index (χ3v) is 3.16. The number of phenols is 1. The van der Waals surface area contributed by atoms with Crippen LogP contribution in [-0.2, 0) is 4.79 Å². The Morgan fingerprint density at radius 1 is 1.48 bits per heavy atom. The number of benzene rings is 1. The van der Waals surface area contributed by atoms with Crippen LogP contribution in [0, 0.1) is 10.1 Å². The zero-order valence-corrected chi connectivity index (χ0v) is 11.4. The van der Waals surface area contributed by atoms with Crippen LogP contribution in [0.1, 0.15) is 18.4 Å². The van der Waals surface area contributed by atoms with Crippen molar-refractivity contribution >= 4 is 17.8 Å². The summed E-state index contributed by atoms with van der Waals surface area (Å²) in [6.07, 6.45) is 3.51. The Labute approximate surface area is 121 Å². The molecule has 0 saturated carbocycles. The molecule has 1 amide bonds. The lowest BCUT2D eigenvalue weighted by atomic mass is 10.2. The van der Waals surface area contributed by atoms with Gasteiger partial charge in [-0.15, -0.1) is 0 Å². The Hall–Kier alpha value is -2.48. The standard InChI is InChI=1S/C13H16N4O4/c18-12-4-3-10(7-11(12)17(20)21)8-14-15-13(19)9-16-5-1-2-6-16/h3-4,7-8,18H,1-2,5-6,9H2,(H,15,19). The largest absolute Gasteiger partial charge is 0.502 e. The van der Waals surface area contributed by atoms with Crippen molar-refractivity contribution in [2.45, 2.75) is 12.8 Å². The third-order valence-electron chi connectivity index (χ3n) is 3.16. The molecule has 21 heavy (non-hydrogen) atoms. The summed E-state index contributed by atoms with van der Waals surface area (Å²) in [6, 6.07) is 3.87. The summed E-state index contributed by atoms with van der Waals surface area (Å²) < 4.78 is 0. The van der Waals surface area contributed by atoms with Crippen LogP contribution in [0.25, 0.3) is 0 Å². The molecule has 2 N–H and O–H groups in total. The van der Waals surface area contributed by atoms with Crippen molar-refractivity contribution < 1.29 is 14.8 Å². The van der Waals surface area contributed by atoms with Gasteiger partial charge in [0.05, 0.1) is 17.7 Å². The number of nitro groups is 1. The van der Waals surface area contributed by atoms with E-state index in [2.05, 4.69) is 10.5 Å². The van der Waals surface area contributed by atoms with Gasteiger partial charge in [0, 0.05) is 11.6 Å². The van der Waals surface area contributed by atoms with Crippen LogP contribution in [0.5, 0.6) is 5.75 Å². The first-order chi connectivity index (χ1) is 10.1. The second kappa shape index (κ2) is 6.80. The van der Waals surface area contributed by atoms with E-state index in [9.17, 15) is 20.0 Å². The van der Waals surface area contributed by atoms with Gasteiger partial charge in [-0.25, -0.2) is 5.43 Å². The second-order valence-corrected chi connectivity index (χ2v) is 4.78. The Kier molecular flexibility index (Phi) is 4.83. The molecule has 0 spiro atoms. The average molecular weight is 292 g/mol. The molecule has 112 valence electrons. The number of nitrogens with one attached hydrogen (secondary N) is 1. The molecular weight excluding hydrogens is 276 g/mol. The normalized spacial score (nSPS) is 15.4. The van der Waals surface area contributed by atoms with Crippen molar-refractivity contribution in [3.8, 4) is 5.75 Å². The van der Waals surface area contributed by atoms with E-state index in [1.165, 1.54) is 24.4 Å². The van der Waals surface area contributed by atoms with Gasteiger partial charge in [-0.3, -0.25) is 19.8 Å². The van der Waals surface area contributed by atoms with E-state index in [1.54, 1.807) is 0 Å². The van der Waals surface area contributed by atoms with E-state index in [4.69, 9.17) is 0 Å². The van der Waals surface area contributed by atoms with Gasteiger partial charge in [0.15, 0.2) is 5.75 Å². The average Bonchev–Trinajstić information content (AvgIpc) is 2.93. The lowest BCUT2D eigenvalue weighted by molar-refractivity contribution is -0.385. The summed E-state index contributed by atoms with van der Waals surface area (Å²) in [7, 11) is 0. The van der Waals surface area contributed by atoms with Crippen molar-refractivity contribution in [1.29, 1.82) is 0 Å². The molecule has 1 aliphatic heterocycles. The number of rotatable bonds is 5. The molecule has 8 heteroatoms. The van der Waals surface area contributed by atoms with Crippen LogP contribution < -0.4 is 5.43 Å². The number of hydrogen-bond donors (Lipinski definition) is 2. The van der Waals surface area contributed by atoms with Gasteiger partial charge in [-0.1, -0.05) is 0 Å².